The van der Waals surface area contributed by atoms with Crippen LogP contribution in [0.5, 0.6) is 0 Å². The number of hydrogen-bond donors (Lipinski definition) is 0. The lowest BCUT2D eigenvalue weighted by molar-refractivity contribution is -0.137. The number of rotatable bonds is 1. The van der Waals surface area contributed by atoms with Crippen molar-refractivity contribution in [2.75, 3.05) is 11.4 Å². The van der Waals surface area contributed by atoms with Crippen LogP contribution in [0.25, 0.3) is 0 Å². The van der Waals surface area contributed by atoms with Crippen LogP contribution in [0.4, 0.5) is 18.9 Å². The lowest BCUT2D eigenvalue weighted by Gasteiger charge is -2.40. The van der Waals surface area contributed by atoms with E-state index < -0.39 is 11.7 Å². The largest absolute Gasteiger partial charge is 0.416 e. The Labute approximate surface area is 116 Å². The fourth-order valence-electron chi connectivity index (χ4n) is 2.73. The normalized spacial score (nSPS) is 23.5. The number of halogens is 3. The van der Waals surface area contributed by atoms with Gasteiger partial charge in [0.25, 0.3) is 0 Å². The topological polar surface area (TPSA) is 27.0 Å². The van der Waals surface area contributed by atoms with Gasteiger partial charge in [-0.25, -0.2) is 0 Å². The molecule has 108 valence electrons. The summed E-state index contributed by atoms with van der Waals surface area (Å²) >= 11 is 0. The van der Waals surface area contributed by atoms with Crippen molar-refractivity contribution in [1.29, 1.82) is 5.26 Å². The van der Waals surface area contributed by atoms with E-state index in [1.54, 1.807) is 0 Å². The predicted molar refractivity (Wildman–Crippen MR) is 71.4 cm³/mol. The summed E-state index contributed by atoms with van der Waals surface area (Å²) in [6.45, 7) is 4.97. The van der Waals surface area contributed by atoms with Crippen LogP contribution in [0, 0.1) is 17.2 Å². The molecule has 1 aromatic rings. The first-order valence-electron chi connectivity index (χ1n) is 6.72. The highest BCUT2D eigenvalue weighted by Crippen LogP contribution is 2.35. The minimum Gasteiger partial charge on any atom is -0.367 e. The zero-order valence-corrected chi connectivity index (χ0v) is 11.5. The van der Waals surface area contributed by atoms with Crippen molar-refractivity contribution in [3.05, 3.63) is 29.3 Å². The van der Waals surface area contributed by atoms with Crippen molar-refractivity contribution < 1.29 is 13.2 Å². The van der Waals surface area contributed by atoms with Gasteiger partial charge in [0.05, 0.1) is 16.8 Å². The molecule has 0 bridgehead atoms. The minimum atomic E-state index is -4.41. The molecule has 1 aromatic carbocycles. The van der Waals surface area contributed by atoms with E-state index in [-0.39, 0.29) is 11.6 Å². The van der Waals surface area contributed by atoms with Crippen LogP contribution in [0.1, 0.15) is 37.8 Å². The van der Waals surface area contributed by atoms with Crippen molar-refractivity contribution in [3.8, 4) is 6.07 Å². The van der Waals surface area contributed by atoms with Crippen LogP contribution in [0.15, 0.2) is 18.2 Å². The van der Waals surface area contributed by atoms with Gasteiger partial charge in [-0.15, -0.1) is 0 Å². The monoisotopic (exact) mass is 282 g/mol. The molecule has 2 nitrogen and oxygen atoms in total. The summed E-state index contributed by atoms with van der Waals surface area (Å²) in [5, 5.41) is 9.15. The summed E-state index contributed by atoms with van der Waals surface area (Å²) < 4.78 is 38.1. The Kier molecular flexibility index (Phi) is 3.94. The standard InChI is InChI=1S/C15H17F3N2/c1-10-4-3-7-20(11(10)2)14-6-5-13(15(16,17)18)8-12(14)9-19/h5-6,8,10-11H,3-4,7H2,1-2H3. The maximum atomic E-state index is 12.7. The fraction of sp³-hybridized carbons (Fsp3) is 0.533. The molecule has 0 spiro atoms. The Morgan fingerprint density at radius 3 is 2.60 bits per heavy atom. The second-order valence-electron chi connectivity index (χ2n) is 5.40. The molecule has 1 saturated heterocycles. The number of hydrogen-bond acceptors (Lipinski definition) is 2. The van der Waals surface area contributed by atoms with Crippen LogP contribution in [-0.4, -0.2) is 12.6 Å². The number of benzene rings is 1. The second-order valence-corrected chi connectivity index (χ2v) is 5.40. The molecule has 0 aliphatic carbocycles. The number of anilines is 1. The van der Waals surface area contributed by atoms with E-state index in [0.29, 0.717) is 11.6 Å². The van der Waals surface area contributed by atoms with E-state index in [2.05, 4.69) is 13.8 Å². The maximum absolute atomic E-state index is 12.7. The lowest BCUT2D eigenvalue weighted by Crippen LogP contribution is -2.42. The SMILES string of the molecule is CC1CCCN(c2ccc(C(F)(F)F)cc2C#N)C1C. The highest BCUT2D eigenvalue weighted by Gasteiger charge is 2.32. The first-order valence-corrected chi connectivity index (χ1v) is 6.72. The molecule has 0 aromatic heterocycles. The molecule has 1 aliphatic rings. The molecule has 1 fully saturated rings. The van der Waals surface area contributed by atoms with E-state index >= 15 is 0 Å². The smallest absolute Gasteiger partial charge is 0.367 e. The third kappa shape index (κ3) is 2.74. The predicted octanol–water partition coefficient (Wildman–Crippen LogP) is 4.20. The average Bonchev–Trinajstić information content (AvgIpc) is 2.40. The molecule has 0 amide bonds. The highest BCUT2D eigenvalue weighted by atomic mass is 19.4. The van der Waals surface area contributed by atoms with Gasteiger partial charge in [-0.3, -0.25) is 0 Å². The molecule has 2 rings (SSSR count). The van der Waals surface area contributed by atoms with Crippen molar-refractivity contribution in [3.63, 3.8) is 0 Å². The van der Waals surface area contributed by atoms with Gasteiger partial charge in [-0.05, 0) is 43.9 Å². The van der Waals surface area contributed by atoms with Crippen LogP contribution >= 0.6 is 0 Å². The number of piperidine rings is 1. The van der Waals surface area contributed by atoms with Gasteiger partial charge in [0.15, 0.2) is 0 Å². The van der Waals surface area contributed by atoms with Gasteiger partial charge in [-0.1, -0.05) is 6.92 Å². The van der Waals surface area contributed by atoms with Crippen LogP contribution in [0.3, 0.4) is 0 Å². The zero-order valence-electron chi connectivity index (χ0n) is 11.5. The molecule has 0 radical (unpaired) electrons. The van der Waals surface area contributed by atoms with Crippen LogP contribution in [0.2, 0.25) is 0 Å². The van der Waals surface area contributed by atoms with Crippen molar-refractivity contribution >= 4 is 5.69 Å². The van der Waals surface area contributed by atoms with E-state index in [0.717, 1.165) is 31.5 Å². The van der Waals surface area contributed by atoms with Crippen molar-refractivity contribution in [2.45, 2.75) is 38.9 Å². The van der Waals surface area contributed by atoms with E-state index in [4.69, 9.17) is 5.26 Å². The van der Waals surface area contributed by atoms with Crippen LogP contribution < -0.4 is 4.90 Å². The Bertz CT molecular complexity index is 531. The summed E-state index contributed by atoms with van der Waals surface area (Å²) in [5.74, 6) is 0.470. The molecular formula is C15H17F3N2. The molecule has 2 atom stereocenters. The van der Waals surface area contributed by atoms with Gasteiger partial charge in [0.2, 0.25) is 0 Å². The summed E-state index contributed by atoms with van der Waals surface area (Å²) in [5.41, 5.74) is -0.0594. The Hall–Kier alpha value is -1.70. The molecule has 0 saturated carbocycles. The summed E-state index contributed by atoms with van der Waals surface area (Å²) in [7, 11) is 0. The summed E-state index contributed by atoms with van der Waals surface area (Å²) in [6, 6.07) is 5.56. The minimum absolute atomic E-state index is 0.0979. The van der Waals surface area contributed by atoms with Gasteiger partial charge >= 0.3 is 6.18 Å². The third-order valence-corrected chi connectivity index (χ3v) is 4.13. The maximum Gasteiger partial charge on any atom is 0.416 e. The zero-order chi connectivity index (χ0) is 14.9. The Balaban J connectivity index is 2.40. The third-order valence-electron chi connectivity index (χ3n) is 4.13. The Morgan fingerprint density at radius 2 is 2.00 bits per heavy atom. The number of nitrogens with zero attached hydrogens (tertiary/aromatic N) is 2. The van der Waals surface area contributed by atoms with Gasteiger partial charge in [0.1, 0.15) is 6.07 Å². The second kappa shape index (κ2) is 5.35. The van der Waals surface area contributed by atoms with Crippen molar-refractivity contribution in [2.24, 2.45) is 5.92 Å². The lowest BCUT2D eigenvalue weighted by atomic mass is 9.91. The van der Waals surface area contributed by atoms with Gasteiger partial charge in [0, 0.05) is 12.6 Å². The highest BCUT2D eigenvalue weighted by molar-refractivity contribution is 5.61. The van der Waals surface area contributed by atoms with E-state index in [1.165, 1.54) is 6.07 Å². The first kappa shape index (κ1) is 14.7. The molecule has 5 heteroatoms. The van der Waals surface area contributed by atoms with E-state index in [9.17, 15) is 13.2 Å². The average molecular weight is 282 g/mol. The van der Waals surface area contributed by atoms with Gasteiger partial charge in [-0.2, -0.15) is 18.4 Å². The molecule has 1 heterocycles. The van der Waals surface area contributed by atoms with Gasteiger partial charge < -0.3 is 4.90 Å². The molecule has 2 unspecified atom stereocenters. The fourth-order valence-corrected chi connectivity index (χ4v) is 2.73. The Morgan fingerprint density at radius 1 is 1.30 bits per heavy atom. The first-order chi connectivity index (χ1) is 9.34. The quantitative estimate of drug-likeness (QED) is 0.771. The van der Waals surface area contributed by atoms with E-state index in [1.807, 2.05) is 11.0 Å². The van der Waals surface area contributed by atoms with Crippen molar-refractivity contribution in [1.82, 2.24) is 0 Å². The summed E-state index contributed by atoms with van der Waals surface area (Å²) in [6.07, 6.45) is -2.30. The molecule has 20 heavy (non-hydrogen) atoms. The summed E-state index contributed by atoms with van der Waals surface area (Å²) in [4.78, 5) is 2.05. The van der Waals surface area contributed by atoms with Crippen LogP contribution in [-0.2, 0) is 6.18 Å². The molecular weight excluding hydrogens is 265 g/mol. The molecule has 1 aliphatic heterocycles. The number of alkyl halides is 3. The molecule has 0 N–H and O–H groups in total. The number of nitriles is 1.